The van der Waals surface area contributed by atoms with E-state index in [4.69, 9.17) is 14.2 Å². The number of cyclic esters (lactones) is 2. The first-order valence-electron chi connectivity index (χ1n) is 7.65. The second-order valence-corrected chi connectivity index (χ2v) is 5.87. The fraction of sp³-hybridized carbons (Fsp3) is 0.471. The molecule has 130 valence electrons. The van der Waals surface area contributed by atoms with Crippen LogP contribution in [0.5, 0.6) is 0 Å². The lowest BCUT2D eigenvalue weighted by Gasteiger charge is -2.19. The molecule has 1 aromatic carbocycles. The van der Waals surface area contributed by atoms with Crippen LogP contribution in [0.1, 0.15) is 58.8 Å². The van der Waals surface area contributed by atoms with E-state index in [9.17, 15) is 19.5 Å². The molecule has 1 aromatic rings. The smallest absolute Gasteiger partial charge is 0.338 e. The van der Waals surface area contributed by atoms with E-state index in [1.807, 2.05) is 0 Å². The fourth-order valence-electron chi connectivity index (χ4n) is 1.98. The van der Waals surface area contributed by atoms with Crippen molar-refractivity contribution < 1.29 is 33.7 Å². The van der Waals surface area contributed by atoms with Gasteiger partial charge in [-0.05, 0) is 45.9 Å². The van der Waals surface area contributed by atoms with Crippen LogP contribution >= 0.6 is 0 Å². The Kier molecular flexibility index (Phi) is 5.23. The lowest BCUT2D eigenvalue weighted by atomic mass is 10.1. The lowest BCUT2D eigenvalue weighted by molar-refractivity contribution is -0.0229. The third-order valence-electron chi connectivity index (χ3n) is 3.86. The number of aliphatic hydroxyl groups excluding tert-OH is 1. The van der Waals surface area contributed by atoms with Crippen molar-refractivity contribution >= 4 is 17.9 Å². The maximum absolute atomic E-state index is 12.2. The third kappa shape index (κ3) is 3.91. The highest BCUT2D eigenvalue weighted by atomic mass is 16.6. The van der Waals surface area contributed by atoms with Crippen molar-refractivity contribution in [2.75, 3.05) is 0 Å². The topological polar surface area (TPSA) is 99.1 Å². The van der Waals surface area contributed by atoms with Crippen LogP contribution in [0.3, 0.4) is 0 Å². The average molecular weight is 336 g/mol. The van der Waals surface area contributed by atoms with E-state index in [-0.39, 0.29) is 16.7 Å². The van der Waals surface area contributed by atoms with Gasteiger partial charge in [-0.25, -0.2) is 14.4 Å². The normalized spacial score (nSPS) is 23.0. The molecular formula is C17H20O7. The predicted molar refractivity (Wildman–Crippen MR) is 82.8 cm³/mol. The van der Waals surface area contributed by atoms with E-state index < -0.39 is 42.3 Å². The summed E-state index contributed by atoms with van der Waals surface area (Å²) in [5.41, 5.74) is 0.121. The molecule has 2 bridgehead atoms. The van der Waals surface area contributed by atoms with Gasteiger partial charge in [-0.1, -0.05) is 0 Å². The molecule has 7 nitrogen and oxygen atoms in total. The molecule has 1 aliphatic heterocycles. The maximum Gasteiger partial charge on any atom is 0.338 e. The van der Waals surface area contributed by atoms with Gasteiger partial charge in [0.1, 0.15) is 18.3 Å². The van der Waals surface area contributed by atoms with Crippen LogP contribution in [0.2, 0.25) is 0 Å². The Morgan fingerprint density at radius 2 is 1.50 bits per heavy atom. The number of ether oxygens (including phenoxy) is 3. The summed E-state index contributed by atoms with van der Waals surface area (Å²) in [5, 5.41) is 9.42. The number of carbonyl (C=O) groups is 3. The van der Waals surface area contributed by atoms with E-state index in [0.717, 1.165) is 0 Å². The van der Waals surface area contributed by atoms with Gasteiger partial charge in [0.15, 0.2) is 0 Å². The summed E-state index contributed by atoms with van der Waals surface area (Å²) < 4.78 is 15.5. The summed E-state index contributed by atoms with van der Waals surface area (Å²) in [4.78, 5) is 36.5. The second-order valence-electron chi connectivity index (χ2n) is 5.87. The number of rotatable bonds is 3. The van der Waals surface area contributed by atoms with Crippen molar-refractivity contribution in [2.45, 2.75) is 52.1 Å². The molecule has 1 heterocycles. The first kappa shape index (κ1) is 17.9. The van der Waals surface area contributed by atoms with Gasteiger partial charge in [0.2, 0.25) is 0 Å². The number of hydrogen-bond donors (Lipinski definition) is 1. The molecule has 0 radical (unpaired) electrons. The summed E-state index contributed by atoms with van der Waals surface area (Å²) in [6.45, 7) is 6.25. The molecular weight excluding hydrogens is 316 g/mol. The fourth-order valence-corrected chi connectivity index (χ4v) is 1.98. The largest absolute Gasteiger partial charge is 0.456 e. The van der Waals surface area contributed by atoms with Gasteiger partial charge >= 0.3 is 17.9 Å². The average Bonchev–Trinajstić information content (AvgIpc) is 2.55. The van der Waals surface area contributed by atoms with E-state index in [2.05, 4.69) is 0 Å². The van der Waals surface area contributed by atoms with Crippen LogP contribution in [-0.2, 0) is 14.2 Å². The van der Waals surface area contributed by atoms with Crippen LogP contribution in [0.4, 0.5) is 0 Å². The molecule has 4 unspecified atom stereocenters. The van der Waals surface area contributed by atoms with Gasteiger partial charge < -0.3 is 19.3 Å². The molecule has 0 spiro atoms. The minimum absolute atomic E-state index is 0.00565. The zero-order valence-electron chi connectivity index (χ0n) is 13.9. The van der Waals surface area contributed by atoms with Crippen molar-refractivity contribution in [2.24, 2.45) is 0 Å². The molecule has 0 fully saturated rings. The standard InChI is InChI=1S/C17H20O7/c1-8(18)9(2)22-15(19)12-5-13-7-14(6-12)17(21)24-11(4)10(3)23-16(13)20/h5-11,18H,1-4H3. The van der Waals surface area contributed by atoms with Gasteiger partial charge in [-0.3, -0.25) is 0 Å². The molecule has 1 N–H and O–H groups in total. The second kappa shape index (κ2) is 7.00. The van der Waals surface area contributed by atoms with Gasteiger partial charge in [-0.2, -0.15) is 0 Å². The number of hydrogen-bond acceptors (Lipinski definition) is 7. The quantitative estimate of drug-likeness (QED) is 0.662. The Balaban J connectivity index is 2.39. The lowest BCUT2D eigenvalue weighted by Crippen LogP contribution is -2.29. The minimum atomic E-state index is -0.852. The summed E-state index contributed by atoms with van der Waals surface area (Å²) >= 11 is 0. The van der Waals surface area contributed by atoms with Gasteiger partial charge in [-0.15, -0.1) is 0 Å². The summed E-state index contributed by atoms with van der Waals surface area (Å²) in [6, 6.07) is 3.89. The maximum atomic E-state index is 12.2. The molecule has 0 saturated carbocycles. The zero-order valence-corrected chi connectivity index (χ0v) is 13.9. The zero-order chi connectivity index (χ0) is 18.0. The molecule has 2 rings (SSSR count). The first-order chi connectivity index (χ1) is 11.2. The number of carbonyl (C=O) groups excluding carboxylic acids is 3. The number of aliphatic hydroxyl groups is 1. The van der Waals surface area contributed by atoms with Crippen molar-refractivity contribution in [3.05, 3.63) is 34.9 Å². The van der Waals surface area contributed by atoms with E-state index >= 15 is 0 Å². The Morgan fingerprint density at radius 1 is 1.04 bits per heavy atom. The highest BCUT2D eigenvalue weighted by Crippen LogP contribution is 2.19. The van der Waals surface area contributed by atoms with Crippen LogP contribution in [0, 0.1) is 0 Å². The predicted octanol–water partition coefficient (Wildman–Crippen LogP) is 1.72. The third-order valence-corrected chi connectivity index (χ3v) is 3.86. The molecule has 1 aliphatic rings. The van der Waals surface area contributed by atoms with Gasteiger partial charge in [0.05, 0.1) is 22.8 Å². The van der Waals surface area contributed by atoms with Crippen LogP contribution in [-0.4, -0.2) is 47.4 Å². The number of benzene rings is 1. The highest BCUT2D eigenvalue weighted by molar-refractivity contribution is 6.00. The summed E-state index contributed by atoms with van der Waals surface area (Å²) in [6.07, 6.45) is -2.84. The first-order valence-corrected chi connectivity index (χ1v) is 7.65. The van der Waals surface area contributed by atoms with E-state index in [0.29, 0.717) is 0 Å². The molecule has 24 heavy (non-hydrogen) atoms. The monoisotopic (exact) mass is 336 g/mol. The van der Waals surface area contributed by atoms with E-state index in [1.165, 1.54) is 32.0 Å². The van der Waals surface area contributed by atoms with Crippen molar-refractivity contribution in [1.29, 1.82) is 0 Å². The van der Waals surface area contributed by atoms with Crippen LogP contribution in [0.25, 0.3) is 0 Å². The minimum Gasteiger partial charge on any atom is -0.456 e. The molecule has 0 saturated heterocycles. The molecule has 0 aliphatic carbocycles. The highest BCUT2D eigenvalue weighted by Gasteiger charge is 2.27. The summed E-state index contributed by atoms with van der Waals surface area (Å²) in [5.74, 6) is -2.08. The van der Waals surface area contributed by atoms with Crippen LogP contribution < -0.4 is 0 Å². The Labute approximate surface area is 139 Å². The molecule has 4 atom stereocenters. The van der Waals surface area contributed by atoms with Crippen LogP contribution in [0.15, 0.2) is 18.2 Å². The van der Waals surface area contributed by atoms with Gasteiger partial charge in [0.25, 0.3) is 0 Å². The number of fused-ring (bicyclic) bond motifs is 2. The Bertz CT molecular complexity index is 625. The molecule has 0 aromatic heterocycles. The number of esters is 3. The molecule has 0 amide bonds. The van der Waals surface area contributed by atoms with Gasteiger partial charge in [0, 0.05) is 0 Å². The Morgan fingerprint density at radius 3 is 1.92 bits per heavy atom. The summed E-state index contributed by atoms with van der Waals surface area (Å²) in [7, 11) is 0. The Hall–Kier alpha value is -2.41. The van der Waals surface area contributed by atoms with E-state index in [1.54, 1.807) is 13.8 Å². The molecule has 7 heteroatoms. The van der Waals surface area contributed by atoms with Crippen molar-refractivity contribution in [1.82, 2.24) is 0 Å². The SMILES string of the molecule is CC(O)C(C)OC(=O)c1cc2cc(c1)C(=O)OC(C)C(C)OC2=O. The van der Waals surface area contributed by atoms with Crippen molar-refractivity contribution in [3.63, 3.8) is 0 Å². The van der Waals surface area contributed by atoms with Crippen molar-refractivity contribution in [3.8, 4) is 0 Å².